The molecule has 0 bridgehead atoms. The molecule has 0 spiro atoms. The maximum Gasteiger partial charge on any atom is 0.231 e. The van der Waals surface area contributed by atoms with Crippen molar-refractivity contribution in [3.63, 3.8) is 0 Å². The zero-order valence-electron chi connectivity index (χ0n) is 10.7. The first-order valence-electron chi connectivity index (χ1n) is 5.84. The molecule has 3 rings (SSSR count). The molecule has 4 N–H and O–H groups in total. The lowest BCUT2D eigenvalue weighted by molar-refractivity contribution is 0.174. The zero-order chi connectivity index (χ0) is 13.9. The van der Waals surface area contributed by atoms with Crippen molar-refractivity contribution in [1.82, 2.24) is 9.97 Å². The van der Waals surface area contributed by atoms with Crippen LogP contribution in [0.15, 0.2) is 24.5 Å². The van der Waals surface area contributed by atoms with Gasteiger partial charge in [0, 0.05) is 11.8 Å². The van der Waals surface area contributed by atoms with Gasteiger partial charge in [-0.25, -0.2) is 15.8 Å². The van der Waals surface area contributed by atoms with E-state index >= 15 is 0 Å². The van der Waals surface area contributed by atoms with E-state index in [1.807, 2.05) is 18.2 Å². The molecule has 0 saturated carbocycles. The van der Waals surface area contributed by atoms with Crippen LogP contribution in [0.4, 0.5) is 17.3 Å². The normalized spacial score (nSPS) is 12.1. The molecular formula is C12H13N5O3. The largest absolute Gasteiger partial charge is 0.490 e. The van der Waals surface area contributed by atoms with Gasteiger partial charge in [0.15, 0.2) is 23.1 Å². The summed E-state index contributed by atoms with van der Waals surface area (Å²) in [6.07, 6.45) is 1.38. The Morgan fingerprint density at radius 1 is 1.20 bits per heavy atom. The van der Waals surface area contributed by atoms with Crippen molar-refractivity contribution in [2.75, 3.05) is 24.6 Å². The summed E-state index contributed by atoms with van der Waals surface area (Å²) in [6, 6.07) is 5.49. The van der Waals surface area contributed by atoms with Crippen molar-refractivity contribution >= 4 is 17.3 Å². The topological polar surface area (TPSA) is 104 Å². The number of nitrogens with two attached hydrogens (primary N) is 1. The van der Waals surface area contributed by atoms with Gasteiger partial charge in [0.2, 0.25) is 12.5 Å². The van der Waals surface area contributed by atoms with E-state index in [1.54, 1.807) is 0 Å². The monoisotopic (exact) mass is 275 g/mol. The number of hydrazine groups is 1. The summed E-state index contributed by atoms with van der Waals surface area (Å²) >= 11 is 0. The first kappa shape index (κ1) is 12.3. The Balaban J connectivity index is 1.91. The summed E-state index contributed by atoms with van der Waals surface area (Å²) in [7, 11) is 1.52. The van der Waals surface area contributed by atoms with Crippen LogP contribution in [-0.4, -0.2) is 23.9 Å². The number of fused-ring (bicyclic) bond motifs is 1. The molecule has 1 aliphatic rings. The standard InChI is InChI=1S/C12H13N5O3/c1-18-10-11(14-5-15-12(10)17-13)16-7-2-3-8-9(4-7)20-6-19-8/h2-5H,6,13H2,1H3,(H2,14,15,16,17). The van der Waals surface area contributed by atoms with Gasteiger partial charge >= 0.3 is 0 Å². The Hall–Kier alpha value is -2.74. The van der Waals surface area contributed by atoms with Crippen molar-refractivity contribution in [1.29, 1.82) is 0 Å². The smallest absolute Gasteiger partial charge is 0.231 e. The van der Waals surface area contributed by atoms with Gasteiger partial charge in [-0.2, -0.15) is 0 Å². The van der Waals surface area contributed by atoms with Crippen molar-refractivity contribution in [2.24, 2.45) is 5.84 Å². The van der Waals surface area contributed by atoms with Gasteiger partial charge in [-0.15, -0.1) is 0 Å². The van der Waals surface area contributed by atoms with Crippen LogP contribution >= 0.6 is 0 Å². The Bertz CT molecular complexity index is 634. The molecule has 2 heterocycles. The summed E-state index contributed by atoms with van der Waals surface area (Å²) < 4.78 is 15.8. The fraction of sp³-hybridized carbons (Fsp3) is 0.167. The van der Waals surface area contributed by atoms with Gasteiger partial charge in [-0.3, -0.25) is 0 Å². The lowest BCUT2D eigenvalue weighted by Crippen LogP contribution is -2.11. The fourth-order valence-corrected chi connectivity index (χ4v) is 1.87. The molecule has 0 saturated heterocycles. The number of benzene rings is 1. The molecule has 1 aliphatic heterocycles. The van der Waals surface area contributed by atoms with E-state index in [4.69, 9.17) is 20.1 Å². The second kappa shape index (κ2) is 5.10. The van der Waals surface area contributed by atoms with Gasteiger partial charge in [0.1, 0.15) is 6.33 Å². The zero-order valence-corrected chi connectivity index (χ0v) is 10.7. The maximum atomic E-state index is 5.38. The first-order chi connectivity index (χ1) is 9.81. The molecule has 0 unspecified atom stereocenters. The minimum absolute atomic E-state index is 0.233. The van der Waals surface area contributed by atoms with E-state index in [2.05, 4.69) is 20.7 Å². The number of rotatable bonds is 4. The Morgan fingerprint density at radius 2 is 2.00 bits per heavy atom. The minimum Gasteiger partial charge on any atom is -0.490 e. The molecule has 0 atom stereocenters. The number of ether oxygens (including phenoxy) is 3. The van der Waals surface area contributed by atoms with E-state index in [9.17, 15) is 0 Å². The third-order valence-electron chi connectivity index (χ3n) is 2.78. The lowest BCUT2D eigenvalue weighted by Gasteiger charge is -2.12. The van der Waals surface area contributed by atoms with Gasteiger partial charge in [0.05, 0.1) is 7.11 Å². The summed E-state index contributed by atoms with van der Waals surface area (Å²) in [5, 5.41) is 3.12. The van der Waals surface area contributed by atoms with Crippen LogP contribution in [0.1, 0.15) is 0 Å². The number of methoxy groups -OCH3 is 1. The quantitative estimate of drug-likeness (QED) is 0.565. The van der Waals surface area contributed by atoms with E-state index in [1.165, 1.54) is 13.4 Å². The molecule has 0 aliphatic carbocycles. The minimum atomic E-state index is 0.233. The molecule has 1 aromatic heterocycles. The summed E-state index contributed by atoms with van der Waals surface area (Å²) in [6.45, 7) is 0.233. The van der Waals surface area contributed by atoms with E-state index in [-0.39, 0.29) is 6.79 Å². The Labute approximate surface area is 114 Å². The highest BCUT2D eigenvalue weighted by molar-refractivity contribution is 5.70. The Morgan fingerprint density at radius 3 is 2.80 bits per heavy atom. The van der Waals surface area contributed by atoms with Gasteiger partial charge < -0.3 is 25.0 Å². The number of nitrogens with one attached hydrogen (secondary N) is 2. The number of anilines is 3. The van der Waals surface area contributed by atoms with Gasteiger partial charge in [-0.05, 0) is 12.1 Å². The molecule has 8 nitrogen and oxygen atoms in total. The van der Waals surface area contributed by atoms with Crippen LogP contribution in [0.5, 0.6) is 17.2 Å². The van der Waals surface area contributed by atoms with Crippen LogP contribution in [0, 0.1) is 0 Å². The lowest BCUT2D eigenvalue weighted by atomic mass is 10.2. The predicted octanol–water partition coefficient (Wildman–Crippen LogP) is 1.24. The molecule has 20 heavy (non-hydrogen) atoms. The molecule has 2 aromatic rings. The third kappa shape index (κ3) is 2.12. The molecule has 0 fully saturated rings. The number of nitrogens with zero attached hydrogens (tertiary/aromatic N) is 2. The molecule has 104 valence electrons. The Kier molecular flexibility index (Phi) is 3.13. The van der Waals surface area contributed by atoms with E-state index in [0.717, 1.165) is 11.4 Å². The molecule has 1 aromatic carbocycles. The highest BCUT2D eigenvalue weighted by Crippen LogP contribution is 2.36. The molecule has 8 heteroatoms. The van der Waals surface area contributed by atoms with Crippen molar-refractivity contribution in [2.45, 2.75) is 0 Å². The average molecular weight is 275 g/mol. The maximum absolute atomic E-state index is 5.38. The molecule has 0 amide bonds. The third-order valence-corrected chi connectivity index (χ3v) is 2.78. The summed E-state index contributed by atoms with van der Waals surface area (Å²) in [4.78, 5) is 8.10. The van der Waals surface area contributed by atoms with Crippen molar-refractivity contribution < 1.29 is 14.2 Å². The second-order valence-corrected chi connectivity index (χ2v) is 3.94. The second-order valence-electron chi connectivity index (χ2n) is 3.94. The van der Waals surface area contributed by atoms with E-state index < -0.39 is 0 Å². The van der Waals surface area contributed by atoms with Crippen LogP contribution in [0.2, 0.25) is 0 Å². The highest BCUT2D eigenvalue weighted by atomic mass is 16.7. The predicted molar refractivity (Wildman–Crippen MR) is 72.2 cm³/mol. The van der Waals surface area contributed by atoms with Crippen LogP contribution in [0.3, 0.4) is 0 Å². The summed E-state index contributed by atoms with van der Waals surface area (Å²) in [5.41, 5.74) is 3.24. The van der Waals surface area contributed by atoms with Gasteiger partial charge in [-0.1, -0.05) is 0 Å². The SMILES string of the molecule is COc1c(NN)ncnc1Nc1ccc2c(c1)OCO2. The average Bonchev–Trinajstić information content (AvgIpc) is 2.94. The van der Waals surface area contributed by atoms with Crippen LogP contribution in [-0.2, 0) is 0 Å². The molecular weight excluding hydrogens is 262 g/mol. The highest BCUT2D eigenvalue weighted by Gasteiger charge is 2.15. The number of aromatic nitrogens is 2. The summed E-state index contributed by atoms with van der Waals surface area (Å²) in [5.74, 6) is 8.09. The number of nitrogen functional groups attached to an aromatic ring is 1. The van der Waals surface area contributed by atoms with Crippen LogP contribution < -0.4 is 30.8 Å². The van der Waals surface area contributed by atoms with Crippen molar-refractivity contribution in [3.05, 3.63) is 24.5 Å². The van der Waals surface area contributed by atoms with Crippen molar-refractivity contribution in [3.8, 4) is 17.2 Å². The van der Waals surface area contributed by atoms with Gasteiger partial charge in [0.25, 0.3) is 0 Å². The van der Waals surface area contributed by atoms with E-state index in [0.29, 0.717) is 23.1 Å². The van der Waals surface area contributed by atoms with Crippen LogP contribution in [0.25, 0.3) is 0 Å². The fourth-order valence-electron chi connectivity index (χ4n) is 1.87. The first-order valence-corrected chi connectivity index (χ1v) is 5.84. The number of hydrogen-bond donors (Lipinski definition) is 3. The molecule has 0 radical (unpaired) electrons. The number of hydrogen-bond acceptors (Lipinski definition) is 8.